The highest BCUT2D eigenvalue weighted by molar-refractivity contribution is 5.41. The standard InChI is InChI=1S/C13H11NO4/c15-12-7-3-4-8-13(12)18-9-10-5-1-2-6-11(10)14(16)17/h1-8,15H,9H2. The fourth-order valence-corrected chi connectivity index (χ4v) is 1.55. The highest BCUT2D eigenvalue weighted by atomic mass is 16.6. The minimum absolute atomic E-state index is 0.00733. The van der Waals surface area contributed by atoms with Crippen LogP contribution in [0.3, 0.4) is 0 Å². The second-order valence-corrected chi connectivity index (χ2v) is 3.64. The van der Waals surface area contributed by atoms with E-state index in [0.29, 0.717) is 11.3 Å². The van der Waals surface area contributed by atoms with Gasteiger partial charge in [0.15, 0.2) is 11.5 Å². The van der Waals surface area contributed by atoms with Crippen molar-refractivity contribution < 1.29 is 14.8 Å². The molecular weight excluding hydrogens is 234 g/mol. The Morgan fingerprint density at radius 3 is 2.50 bits per heavy atom. The molecule has 0 aliphatic heterocycles. The zero-order valence-electron chi connectivity index (χ0n) is 9.45. The van der Waals surface area contributed by atoms with Crippen LogP contribution in [0.25, 0.3) is 0 Å². The Balaban J connectivity index is 2.16. The monoisotopic (exact) mass is 245 g/mol. The van der Waals surface area contributed by atoms with Crippen LogP contribution in [0.4, 0.5) is 5.69 Å². The molecule has 0 atom stereocenters. The van der Waals surface area contributed by atoms with E-state index >= 15 is 0 Å². The number of nitro benzene ring substituents is 1. The van der Waals surface area contributed by atoms with Gasteiger partial charge in [-0.25, -0.2) is 0 Å². The van der Waals surface area contributed by atoms with Crippen LogP contribution in [0.15, 0.2) is 48.5 Å². The predicted octanol–water partition coefficient (Wildman–Crippen LogP) is 2.88. The molecule has 0 fully saturated rings. The van der Waals surface area contributed by atoms with Gasteiger partial charge in [-0.15, -0.1) is 0 Å². The van der Waals surface area contributed by atoms with Crippen LogP contribution in [-0.4, -0.2) is 10.0 Å². The average molecular weight is 245 g/mol. The molecule has 0 spiro atoms. The van der Waals surface area contributed by atoms with E-state index in [4.69, 9.17) is 4.74 Å². The Bertz CT molecular complexity index is 568. The maximum Gasteiger partial charge on any atom is 0.276 e. The van der Waals surface area contributed by atoms with Gasteiger partial charge in [0, 0.05) is 6.07 Å². The number of ether oxygens (including phenoxy) is 1. The van der Waals surface area contributed by atoms with Crippen molar-refractivity contribution in [1.82, 2.24) is 0 Å². The van der Waals surface area contributed by atoms with E-state index in [2.05, 4.69) is 0 Å². The summed E-state index contributed by atoms with van der Waals surface area (Å²) in [5.74, 6) is 0.312. The highest BCUT2D eigenvalue weighted by Gasteiger charge is 2.13. The highest BCUT2D eigenvalue weighted by Crippen LogP contribution is 2.26. The summed E-state index contributed by atoms with van der Waals surface area (Å²) in [5, 5.41) is 20.3. The molecule has 0 saturated heterocycles. The zero-order valence-corrected chi connectivity index (χ0v) is 9.45. The van der Waals surface area contributed by atoms with Gasteiger partial charge in [-0.2, -0.15) is 0 Å². The lowest BCUT2D eigenvalue weighted by Crippen LogP contribution is -2.00. The van der Waals surface area contributed by atoms with Crippen LogP contribution >= 0.6 is 0 Å². The van der Waals surface area contributed by atoms with E-state index in [1.165, 1.54) is 12.1 Å². The van der Waals surface area contributed by atoms with Crippen molar-refractivity contribution in [2.45, 2.75) is 6.61 Å². The van der Waals surface area contributed by atoms with E-state index in [0.717, 1.165) is 0 Å². The topological polar surface area (TPSA) is 72.6 Å². The Labute approximate surface area is 103 Å². The lowest BCUT2D eigenvalue weighted by atomic mass is 10.2. The van der Waals surface area contributed by atoms with Crippen molar-refractivity contribution in [2.75, 3.05) is 0 Å². The first kappa shape index (κ1) is 11.9. The molecule has 0 bridgehead atoms. The normalized spacial score (nSPS) is 10.0. The summed E-state index contributed by atoms with van der Waals surface area (Å²) in [4.78, 5) is 10.3. The van der Waals surface area contributed by atoms with Gasteiger partial charge in [-0.1, -0.05) is 24.3 Å². The van der Waals surface area contributed by atoms with Crippen LogP contribution < -0.4 is 4.74 Å². The molecule has 18 heavy (non-hydrogen) atoms. The summed E-state index contributed by atoms with van der Waals surface area (Å²) < 4.78 is 5.36. The molecular formula is C13H11NO4. The van der Waals surface area contributed by atoms with Gasteiger partial charge in [0.25, 0.3) is 5.69 Å². The summed E-state index contributed by atoms with van der Waals surface area (Å²) in [5.41, 5.74) is 0.471. The van der Waals surface area contributed by atoms with Crippen LogP contribution in [0.1, 0.15) is 5.56 Å². The molecule has 5 nitrogen and oxygen atoms in total. The number of para-hydroxylation sites is 3. The first-order valence-corrected chi connectivity index (χ1v) is 5.31. The number of aromatic hydroxyl groups is 1. The van der Waals surface area contributed by atoms with Gasteiger partial charge < -0.3 is 9.84 Å². The van der Waals surface area contributed by atoms with Crippen LogP contribution in [0.5, 0.6) is 11.5 Å². The van der Waals surface area contributed by atoms with Gasteiger partial charge in [-0.3, -0.25) is 10.1 Å². The maximum atomic E-state index is 10.8. The number of hydrogen-bond acceptors (Lipinski definition) is 4. The van der Waals surface area contributed by atoms with Crippen molar-refractivity contribution in [3.8, 4) is 11.5 Å². The van der Waals surface area contributed by atoms with E-state index in [9.17, 15) is 15.2 Å². The van der Waals surface area contributed by atoms with Crippen LogP contribution in [0, 0.1) is 10.1 Å². The van der Waals surface area contributed by atoms with Crippen molar-refractivity contribution >= 4 is 5.69 Å². The minimum atomic E-state index is -0.455. The van der Waals surface area contributed by atoms with Crippen molar-refractivity contribution in [3.63, 3.8) is 0 Å². The number of nitro groups is 1. The number of nitrogens with zero attached hydrogens (tertiary/aromatic N) is 1. The molecule has 0 aliphatic carbocycles. The number of phenols is 1. The molecule has 1 N–H and O–H groups in total. The fraction of sp³-hybridized carbons (Fsp3) is 0.0769. The third-order valence-corrected chi connectivity index (χ3v) is 2.44. The molecule has 2 rings (SSSR count). The molecule has 2 aromatic rings. The molecule has 92 valence electrons. The first-order valence-electron chi connectivity index (χ1n) is 5.31. The third-order valence-electron chi connectivity index (χ3n) is 2.44. The first-order chi connectivity index (χ1) is 8.68. The van der Waals surface area contributed by atoms with Gasteiger partial charge in [0.2, 0.25) is 0 Å². The number of rotatable bonds is 4. The molecule has 0 unspecified atom stereocenters. The van der Waals surface area contributed by atoms with Gasteiger partial charge in [-0.05, 0) is 18.2 Å². The molecule has 0 radical (unpaired) electrons. The summed E-state index contributed by atoms with van der Waals surface area (Å²) >= 11 is 0. The van der Waals surface area contributed by atoms with Gasteiger partial charge in [0.1, 0.15) is 6.61 Å². The molecule has 2 aromatic carbocycles. The lowest BCUT2D eigenvalue weighted by Gasteiger charge is -2.07. The van der Waals surface area contributed by atoms with Crippen molar-refractivity contribution in [1.29, 1.82) is 0 Å². The Morgan fingerprint density at radius 2 is 1.78 bits per heavy atom. The molecule has 0 saturated carbocycles. The average Bonchev–Trinajstić information content (AvgIpc) is 2.38. The van der Waals surface area contributed by atoms with E-state index in [1.807, 2.05) is 0 Å². The fourth-order valence-electron chi connectivity index (χ4n) is 1.55. The second-order valence-electron chi connectivity index (χ2n) is 3.64. The smallest absolute Gasteiger partial charge is 0.276 e. The Kier molecular flexibility index (Phi) is 3.43. The Morgan fingerprint density at radius 1 is 1.11 bits per heavy atom. The van der Waals surface area contributed by atoms with Gasteiger partial charge in [0.05, 0.1) is 10.5 Å². The summed E-state index contributed by atoms with van der Waals surface area (Å²) in [6.07, 6.45) is 0. The molecule has 0 aromatic heterocycles. The molecule has 0 amide bonds. The maximum absolute atomic E-state index is 10.8. The molecule has 0 heterocycles. The number of phenolic OH excluding ortho intramolecular Hbond substituents is 1. The van der Waals surface area contributed by atoms with Crippen LogP contribution in [-0.2, 0) is 6.61 Å². The number of benzene rings is 2. The van der Waals surface area contributed by atoms with Crippen LogP contribution in [0.2, 0.25) is 0 Å². The molecule has 5 heteroatoms. The van der Waals surface area contributed by atoms with Crippen molar-refractivity contribution in [3.05, 3.63) is 64.2 Å². The summed E-state index contributed by atoms with van der Waals surface area (Å²) in [6, 6.07) is 12.8. The second kappa shape index (κ2) is 5.18. The largest absolute Gasteiger partial charge is 0.504 e. The quantitative estimate of drug-likeness (QED) is 0.664. The zero-order chi connectivity index (χ0) is 13.0. The van der Waals surface area contributed by atoms with E-state index in [-0.39, 0.29) is 18.0 Å². The summed E-state index contributed by atoms with van der Waals surface area (Å²) in [7, 11) is 0. The minimum Gasteiger partial charge on any atom is -0.504 e. The third kappa shape index (κ3) is 2.57. The predicted molar refractivity (Wildman–Crippen MR) is 65.5 cm³/mol. The number of hydrogen-bond donors (Lipinski definition) is 1. The summed E-state index contributed by atoms with van der Waals surface area (Å²) in [6.45, 7) is 0.0364. The molecule has 0 aliphatic rings. The van der Waals surface area contributed by atoms with E-state index in [1.54, 1.807) is 36.4 Å². The lowest BCUT2D eigenvalue weighted by molar-refractivity contribution is -0.385. The Hall–Kier alpha value is -2.56. The van der Waals surface area contributed by atoms with Gasteiger partial charge >= 0.3 is 0 Å². The van der Waals surface area contributed by atoms with E-state index < -0.39 is 4.92 Å². The van der Waals surface area contributed by atoms with Crippen molar-refractivity contribution in [2.24, 2.45) is 0 Å². The SMILES string of the molecule is O=[N+]([O-])c1ccccc1COc1ccccc1O.